The molecule has 176 valence electrons. The third-order valence-corrected chi connectivity index (χ3v) is 8.25. The predicted molar refractivity (Wildman–Crippen MR) is 134 cm³/mol. The van der Waals surface area contributed by atoms with Gasteiger partial charge in [0, 0.05) is 21.1 Å². The summed E-state index contributed by atoms with van der Waals surface area (Å²) >= 11 is 0. The smallest absolute Gasteiger partial charge is 0.317 e. The molecule has 0 saturated heterocycles. The topological polar surface area (TPSA) is 44.8 Å². The second kappa shape index (κ2) is 12.4. The second-order valence-electron chi connectivity index (χ2n) is 7.71. The minimum atomic E-state index is -2.29. The number of hydrogen-bond acceptors (Lipinski definition) is 4. The molecule has 0 heterocycles. The zero-order valence-electron chi connectivity index (χ0n) is 19.8. The Hall–Kier alpha value is -2.92. The van der Waals surface area contributed by atoms with E-state index < -0.39 is 10.3 Å². The molecule has 0 saturated carbocycles. The molecule has 0 atom stereocenters. The van der Waals surface area contributed by atoms with Crippen molar-refractivity contribution >= 4 is 16.3 Å². The van der Waals surface area contributed by atoms with Gasteiger partial charge in [0.15, 0.2) is 0 Å². The summed E-state index contributed by atoms with van der Waals surface area (Å²) in [5.41, 5.74) is 0. The minimum Gasteiger partial charge on any atom is -0.494 e. The Morgan fingerprint density at radius 2 is 1.09 bits per heavy atom. The Bertz CT molecular complexity index is 933. The molecule has 0 N–H and O–H groups in total. The van der Waals surface area contributed by atoms with Gasteiger partial charge in [-0.3, -0.25) is 4.79 Å². The molecule has 0 unspecified atom stereocenters. The van der Waals surface area contributed by atoms with Crippen LogP contribution in [0, 0.1) is 0 Å². The lowest BCUT2D eigenvalue weighted by molar-refractivity contribution is -0.133. The minimum absolute atomic E-state index is 0.200. The lowest BCUT2D eigenvalue weighted by Gasteiger charge is -2.40. The van der Waals surface area contributed by atoms with E-state index in [2.05, 4.69) is 13.8 Å². The Morgan fingerprint density at radius 3 is 1.52 bits per heavy atom. The molecule has 0 aliphatic heterocycles. The fourth-order valence-electron chi connectivity index (χ4n) is 3.44. The highest BCUT2D eigenvalue weighted by atomic mass is 32.3. The monoisotopic (exact) mass is 466 g/mol. The van der Waals surface area contributed by atoms with E-state index in [0.29, 0.717) is 19.6 Å². The quantitative estimate of drug-likeness (QED) is 0.273. The summed E-state index contributed by atoms with van der Waals surface area (Å²) in [5.74, 6) is 1.42. The summed E-state index contributed by atoms with van der Waals surface area (Å²) < 4.78 is 18.0. The molecular formula is C28H34O4S. The van der Waals surface area contributed by atoms with Crippen LogP contribution in [0.25, 0.3) is 0 Å². The summed E-state index contributed by atoms with van der Waals surface area (Å²) in [5, 5.41) is 0. The molecule has 3 aromatic carbocycles. The number of benzene rings is 3. The number of hydrogen-bond donors (Lipinski definition) is 0. The summed E-state index contributed by atoms with van der Waals surface area (Å²) in [6.45, 7) is 7.49. The van der Waals surface area contributed by atoms with E-state index in [1.807, 2.05) is 85.8 Å². The van der Waals surface area contributed by atoms with Gasteiger partial charge in [-0.05, 0) is 90.2 Å². The molecule has 33 heavy (non-hydrogen) atoms. The first-order valence-electron chi connectivity index (χ1n) is 11.7. The number of ether oxygens (including phenoxy) is 2. The molecule has 0 fully saturated rings. The van der Waals surface area contributed by atoms with E-state index in [-0.39, 0.29) is 5.97 Å². The van der Waals surface area contributed by atoms with Crippen molar-refractivity contribution in [1.82, 2.24) is 0 Å². The van der Waals surface area contributed by atoms with Gasteiger partial charge in [-0.15, -0.1) is 0 Å². The Kier molecular flexibility index (Phi) is 9.25. The third kappa shape index (κ3) is 6.11. The summed E-state index contributed by atoms with van der Waals surface area (Å²) in [6.07, 6.45) is 3.00. The van der Waals surface area contributed by atoms with Crippen LogP contribution < -0.4 is 9.47 Å². The fourth-order valence-corrected chi connectivity index (χ4v) is 6.49. The third-order valence-electron chi connectivity index (χ3n) is 5.00. The number of carbonyl (C=O) groups is 1. The van der Waals surface area contributed by atoms with Crippen molar-refractivity contribution in [3.8, 4) is 11.5 Å². The Labute approximate surface area is 199 Å². The molecule has 0 aliphatic rings. The average Bonchev–Trinajstić information content (AvgIpc) is 2.86. The van der Waals surface area contributed by atoms with Crippen molar-refractivity contribution in [1.29, 1.82) is 0 Å². The van der Waals surface area contributed by atoms with Crippen LogP contribution in [0.3, 0.4) is 0 Å². The van der Waals surface area contributed by atoms with Gasteiger partial charge in [-0.2, -0.15) is 0 Å². The lowest BCUT2D eigenvalue weighted by atomic mass is 10.3. The molecule has 0 aromatic heterocycles. The molecule has 0 radical (unpaired) electrons. The molecule has 0 aliphatic carbocycles. The van der Waals surface area contributed by atoms with E-state index in [1.165, 1.54) is 0 Å². The maximum atomic E-state index is 12.9. The van der Waals surface area contributed by atoms with Crippen LogP contribution >= 0.6 is 10.3 Å². The van der Waals surface area contributed by atoms with Crippen LogP contribution in [-0.4, -0.2) is 19.2 Å². The SMILES string of the molecule is CCCOc1ccc(S(OC(=O)CCC)(c2ccccc2)c2ccc(OCCC)cc2)cc1. The predicted octanol–water partition coefficient (Wildman–Crippen LogP) is 7.80. The van der Waals surface area contributed by atoms with Gasteiger partial charge in [0.1, 0.15) is 11.5 Å². The van der Waals surface area contributed by atoms with Gasteiger partial charge in [0.2, 0.25) is 0 Å². The van der Waals surface area contributed by atoms with Gasteiger partial charge < -0.3 is 13.7 Å². The van der Waals surface area contributed by atoms with Crippen molar-refractivity contribution in [2.75, 3.05) is 13.2 Å². The van der Waals surface area contributed by atoms with Crippen molar-refractivity contribution < 1.29 is 18.5 Å². The molecule has 3 aromatic rings. The number of carbonyl (C=O) groups excluding carboxylic acids is 1. The Morgan fingerprint density at radius 1 is 0.636 bits per heavy atom. The van der Waals surface area contributed by atoms with Crippen molar-refractivity contribution in [3.63, 3.8) is 0 Å². The highest BCUT2D eigenvalue weighted by molar-refractivity contribution is 8.30. The van der Waals surface area contributed by atoms with Crippen molar-refractivity contribution in [2.24, 2.45) is 0 Å². The molecule has 3 rings (SSSR count). The van der Waals surface area contributed by atoms with Crippen molar-refractivity contribution in [3.05, 3.63) is 78.9 Å². The first kappa shape index (κ1) is 24.7. The fraction of sp³-hybridized carbons (Fsp3) is 0.321. The summed E-state index contributed by atoms with van der Waals surface area (Å²) in [7, 11) is -2.29. The van der Waals surface area contributed by atoms with E-state index >= 15 is 0 Å². The van der Waals surface area contributed by atoms with Gasteiger partial charge in [-0.1, -0.05) is 39.0 Å². The van der Waals surface area contributed by atoms with E-state index in [9.17, 15) is 4.79 Å². The van der Waals surface area contributed by atoms with Gasteiger partial charge in [0.05, 0.1) is 13.2 Å². The average molecular weight is 467 g/mol. The van der Waals surface area contributed by atoms with Crippen LogP contribution in [0.4, 0.5) is 0 Å². The standard InChI is InChI=1S/C28H34O4S/c1-4-10-28(29)32-33(25-11-8-7-9-12-25,26-17-13-23(14-18-26)30-21-5-2)27-19-15-24(16-20-27)31-22-6-3/h7-9,11-20H,4-6,10,21-22H2,1-3H3. The first-order chi connectivity index (χ1) is 16.1. The molecule has 5 heteroatoms. The van der Waals surface area contributed by atoms with Crippen LogP contribution in [0.5, 0.6) is 11.5 Å². The molecule has 0 amide bonds. The van der Waals surface area contributed by atoms with Crippen molar-refractivity contribution in [2.45, 2.75) is 61.1 Å². The van der Waals surface area contributed by atoms with E-state index in [4.69, 9.17) is 13.7 Å². The normalized spacial score (nSPS) is 11.6. The van der Waals surface area contributed by atoms with Crippen LogP contribution in [-0.2, 0) is 8.98 Å². The zero-order valence-corrected chi connectivity index (χ0v) is 20.6. The lowest BCUT2D eigenvalue weighted by Crippen LogP contribution is -2.13. The van der Waals surface area contributed by atoms with E-state index in [0.717, 1.165) is 45.4 Å². The molecule has 0 spiro atoms. The summed E-state index contributed by atoms with van der Waals surface area (Å²) in [6, 6.07) is 26.0. The van der Waals surface area contributed by atoms with Crippen LogP contribution in [0.2, 0.25) is 0 Å². The van der Waals surface area contributed by atoms with Crippen LogP contribution in [0.1, 0.15) is 46.5 Å². The van der Waals surface area contributed by atoms with Gasteiger partial charge >= 0.3 is 5.97 Å². The molecular weight excluding hydrogens is 432 g/mol. The largest absolute Gasteiger partial charge is 0.494 e. The Balaban J connectivity index is 2.14. The maximum Gasteiger partial charge on any atom is 0.317 e. The second-order valence-corrected chi connectivity index (χ2v) is 10.4. The first-order valence-corrected chi connectivity index (χ1v) is 13.3. The van der Waals surface area contributed by atoms with E-state index in [1.54, 1.807) is 0 Å². The maximum absolute atomic E-state index is 12.9. The zero-order chi connectivity index (χ0) is 23.5. The van der Waals surface area contributed by atoms with Gasteiger partial charge in [-0.25, -0.2) is 0 Å². The molecule has 4 nitrogen and oxygen atoms in total. The van der Waals surface area contributed by atoms with Gasteiger partial charge in [0.25, 0.3) is 0 Å². The van der Waals surface area contributed by atoms with Crippen LogP contribution in [0.15, 0.2) is 93.5 Å². The highest BCUT2D eigenvalue weighted by Crippen LogP contribution is 2.69. The number of rotatable bonds is 12. The highest BCUT2D eigenvalue weighted by Gasteiger charge is 2.35. The molecule has 0 bridgehead atoms. The summed E-state index contributed by atoms with van der Waals surface area (Å²) in [4.78, 5) is 15.8.